The average Bonchev–Trinajstić information content (AvgIpc) is 2.27. The van der Waals surface area contributed by atoms with E-state index in [1.807, 2.05) is 12.1 Å². The van der Waals surface area contributed by atoms with Gasteiger partial charge in [-0.15, -0.1) is 0 Å². The molecule has 2 rings (SSSR count). The number of hydrogen-bond donors (Lipinski definition) is 0. The highest BCUT2D eigenvalue weighted by Crippen LogP contribution is 2.16. The number of carbonyl (C=O) groups excluding carboxylic acids is 1. The molecule has 0 spiro atoms. The maximum absolute atomic E-state index is 11.4. The molecular weight excluding hydrogens is 162 g/mol. The standard InChI is InChI=1S/C11H9NO/c1-8(13)9-4-2-6-11-10(9)5-3-7-12-11/h2-7H,1H3/i1D. The number of rotatable bonds is 1. The predicted octanol–water partition coefficient (Wildman–Crippen LogP) is 2.44. The van der Waals surface area contributed by atoms with E-state index in [2.05, 4.69) is 4.98 Å². The topological polar surface area (TPSA) is 30.0 Å². The second kappa shape index (κ2) is 2.98. The van der Waals surface area contributed by atoms with Gasteiger partial charge in [-0.3, -0.25) is 9.78 Å². The van der Waals surface area contributed by atoms with Gasteiger partial charge in [-0.2, -0.15) is 0 Å². The zero-order valence-electron chi connectivity index (χ0n) is 8.03. The molecule has 0 aliphatic rings. The predicted molar refractivity (Wildman–Crippen MR) is 51.7 cm³/mol. The van der Waals surface area contributed by atoms with Crippen LogP contribution in [0.3, 0.4) is 0 Å². The molecule has 1 aromatic carbocycles. The van der Waals surface area contributed by atoms with Crippen molar-refractivity contribution in [1.29, 1.82) is 0 Å². The molecule has 2 aromatic rings. The van der Waals surface area contributed by atoms with Crippen molar-refractivity contribution in [2.75, 3.05) is 0 Å². The molecule has 0 aliphatic carbocycles. The van der Waals surface area contributed by atoms with E-state index in [9.17, 15) is 4.79 Å². The molecule has 0 radical (unpaired) electrons. The Morgan fingerprint density at radius 3 is 3.15 bits per heavy atom. The summed E-state index contributed by atoms with van der Waals surface area (Å²) in [6.07, 6.45) is 1.69. The average molecular weight is 172 g/mol. The lowest BCUT2D eigenvalue weighted by atomic mass is 10.1. The Hall–Kier alpha value is -1.70. The van der Waals surface area contributed by atoms with Gasteiger partial charge in [0.25, 0.3) is 0 Å². The Morgan fingerprint density at radius 1 is 1.38 bits per heavy atom. The van der Waals surface area contributed by atoms with Gasteiger partial charge in [0.15, 0.2) is 5.78 Å². The van der Waals surface area contributed by atoms with Crippen molar-refractivity contribution in [3.05, 3.63) is 42.1 Å². The number of benzene rings is 1. The summed E-state index contributed by atoms with van der Waals surface area (Å²) in [4.78, 5) is 15.6. The third-order valence-corrected chi connectivity index (χ3v) is 1.95. The largest absolute Gasteiger partial charge is 0.294 e. The minimum atomic E-state index is -0.214. The molecule has 1 heterocycles. The van der Waals surface area contributed by atoms with E-state index in [-0.39, 0.29) is 12.7 Å². The van der Waals surface area contributed by atoms with Crippen molar-refractivity contribution in [3.8, 4) is 0 Å². The number of carbonyl (C=O) groups is 1. The summed E-state index contributed by atoms with van der Waals surface area (Å²) in [6.45, 7) is -0.214. The second-order valence-corrected chi connectivity index (χ2v) is 2.80. The highest BCUT2D eigenvalue weighted by atomic mass is 16.1. The summed E-state index contributed by atoms with van der Waals surface area (Å²) < 4.78 is 7.05. The van der Waals surface area contributed by atoms with Crippen LogP contribution in [0.5, 0.6) is 0 Å². The van der Waals surface area contributed by atoms with Gasteiger partial charge in [0, 0.05) is 18.5 Å². The molecule has 2 heteroatoms. The lowest BCUT2D eigenvalue weighted by Crippen LogP contribution is -1.93. The zero-order chi connectivity index (χ0) is 9.97. The van der Waals surface area contributed by atoms with Crippen molar-refractivity contribution >= 4 is 16.7 Å². The maximum Gasteiger partial charge on any atom is 0.160 e. The first-order chi connectivity index (χ1) is 6.83. The number of nitrogens with zero attached hydrogens (tertiary/aromatic N) is 1. The monoisotopic (exact) mass is 172 g/mol. The third kappa shape index (κ3) is 1.31. The third-order valence-electron chi connectivity index (χ3n) is 1.95. The lowest BCUT2D eigenvalue weighted by Gasteiger charge is -2.00. The number of fused-ring (bicyclic) bond motifs is 1. The first-order valence-corrected chi connectivity index (χ1v) is 3.99. The molecule has 1 aromatic heterocycles. The van der Waals surface area contributed by atoms with E-state index in [1.165, 1.54) is 0 Å². The maximum atomic E-state index is 11.4. The van der Waals surface area contributed by atoms with Gasteiger partial charge < -0.3 is 0 Å². The molecule has 0 saturated heterocycles. The Morgan fingerprint density at radius 2 is 2.31 bits per heavy atom. The SMILES string of the molecule is [2H]CC(=O)c1cccc2ncccc12. The first kappa shape index (κ1) is 6.78. The lowest BCUT2D eigenvalue weighted by molar-refractivity contribution is 0.101. The number of hydrogen-bond acceptors (Lipinski definition) is 2. The normalized spacial score (nSPS) is 11.2. The molecule has 0 fully saturated rings. The van der Waals surface area contributed by atoms with E-state index in [0.717, 1.165) is 10.9 Å². The quantitative estimate of drug-likeness (QED) is 0.618. The Kier molecular flexibility index (Phi) is 1.55. The van der Waals surface area contributed by atoms with Gasteiger partial charge in [0.05, 0.1) is 5.52 Å². The van der Waals surface area contributed by atoms with Gasteiger partial charge in [-0.05, 0) is 19.0 Å². The van der Waals surface area contributed by atoms with Crippen LogP contribution in [0, 0.1) is 0 Å². The van der Waals surface area contributed by atoms with E-state index in [4.69, 9.17) is 1.37 Å². The number of ketones is 1. The summed E-state index contributed by atoms with van der Waals surface area (Å²) in [5, 5.41) is 0.826. The fraction of sp³-hybridized carbons (Fsp3) is 0.0909. The smallest absolute Gasteiger partial charge is 0.160 e. The van der Waals surface area contributed by atoms with Crippen molar-refractivity contribution in [3.63, 3.8) is 0 Å². The second-order valence-electron chi connectivity index (χ2n) is 2.80. The van der Waals surface area contributed by atoms with Gasteiger partial charge in [0.1, 0.15) is 0 Å². The molecular formula is C11H9NO. The van der Waals surface area contributed by atoms with E-state index < -0.39 is 0 Å². The zero-order valence-corrected chi connectivity index (χ0v) is 7.03. The van der Waals surface area contributed by atoms with Crippen molar-refractivity contribution in [2.45, 2.75) is 6.90 Å². The van der Waals surface area contributed by atoms with Crippen LogP contribution >= 0.6 is 0 Å². The van der Waals surface area contributed by atoms with Crippen molar-refractivity contribution in [1.82, 2.24) is 4.98 Å². The molecule has 0 atom stereocenters. The van der Waals surface area contributed by atoms with Crippen LogP contribution in [0.1, 0.15) is 18.6 Å². The summed E-state index contributed by atoms with van der Waals surface area (Å²) in [6, 6.07) is 9.03. The van der Waals surface area contributed by atoms with E-state index in [0.29, 0.717) is 5.56 Å². The first-order valence-electron chi connectivity index (χ1n) is 4.70. The van der Waals surface area contributed by atoms with Crippen molar-refractivity contribution < 1.29 is 6.17 Å². The Labute approximate surface area is 77.6 Å². The molecule has 0 aliphatic heterocycles. The van der Waals surface area contributed by atoms with Crippen LogP contribution in [0.15, 0.2) is 36.5 Å². The molecule has 2 nitrogen and oxygen atoms in total. The summed E-state index contributed by atoms with van der Waals surface area (Å²) in [7, 11) is 0. The van der Waals surface area contributed by atoms with Crippen LogP contribution in [-0.4, -0.2) is 10.8 Å². The summed E-state index contributed by atoms with van der Waals surface area (Å²) in [5.41, 5.74) is 1.39. The van der Waals surface area contributed by atoms with Gasteiger partial charge in [0.2, 0.25) is 0 Å². The molecule has 0 amide bonds. The van der Waals surface area contributed by atoms with Crippen LogP contribution < -0.4 is 0 Å². The minimum Gasteiger partial charge on any atom is -0.294 e. The fourth-order valence-corrected chi connectivity index (χ4v) is 1.35. The molecule has 0 N–H and O–H groups in total. The van der Waals surface area contributed by atoms with Gasteiger partial charge in [-0.1, -0.05) is 18.2 Å². The number of Topliss-reactive ketones (excluding diaryl/α,β-unsaturated/α-hetero) is 1. The highest BCUT2D eigenvalue weighted by molar-refractivity contribution is 6.06. The molecule has 0 bridgehead atoms. The Balaban J connectivity index is 2.71. The summed E-state index contributed by atoms with van der Waals surface area (Å²) >= 11 is 0. The highest BCUT2D eigenvalue weighted by Gasteiger charge is 2.03. The molecule has 0 unspecified atom stereocenters. The van der Waals surface area contributed by atoms with E-state index >= 15 is 0 Å². The number of pyridine rings is 1. The van der Waals surface area contributed by atoms with Crippen molar-refractivity contribution in [2.24, 2.45) is 0 Å². The number of aromatic nitrogens is 1. The van der Waals surface area contributed by atoms with Crippen LogP contribution in [0.2, 0.25) is 0 Å². The van der Waals surface area contributed by atoms with Gasteiger partial charge >= 0.3 is 0 Å². The fourth-order valence-electron chi connectivity index (χ4n) is 1.35. The summed E-state index contributed by atoms with van der Waals surface area (Å²) in [5.74, 6) is -0.163. The molecule has 0 saturated carbocycles. The van der Waals surface area contributed by atoms with Crippen LogP contribution in [0.25, 0.3) is 10.9 Å². The minimum absolute atomic E-state index is 0.163. The van der Waals surface area contributed by atoms with E-state index in [1.54, 1.807) is 24.4 Å². The molecule has 64 valence electrons. The Bertz CT molecular complexity index is 476. The van der Waals surface area contributed by atoms with Crippen LogP contribution in [0.4, 0.5) is 0 Å². The van der Waals surface area contributed by atoms with Gasteiger partial charge in [-0.25, -0.2) is 0 Å². The van der Waals surface area contributed by atoms with Crippen LogP contribution in [-0.2, 0) is 0 Å². The molecule has 13 heavy (non-hydrogen) atoms.